The number of hydrogen-bond acceptors (Lipinski definition) is 1. The van der Waals surface area contributed by atoms with E-state index in [1.54, 1.807) is 5.92 Å². The first-order chi connectivity index (χ1) is 5.86. The second-order valence-corrected chi connectivity index (χ2v) is 3.92. The lowest BCUT2D eigenvalue weighted by Crippen LogP contribution is -2.29. The summed E-state index contributed by atoms with van der Waals surface area (Å²) in [5.74, 6) is 2.70. The molecule has 0 bridgehead atoms. The topological polar surface area (TPSA) is 12.0 Å². The second kappa shape index (κ2) is 5.58. The fourth-order valence-corrected chi connectivity index (χ4v) is 1.98. The Labute approximate surface area is 76.9 Å². The molecule has 1 fully saturated rings. The average molecular weight is 168 g/mol. The minimum atomic E-state index is 0.944. The SMILES string of the molecule is CCC(CC)C[C]1CCCNC1. The van der Waals surface area contributed by atoms with Crippen molar-refractivity contribution in [3.8, 4) is 0 Å². The third-order valence-corrected chi connectivity index (χ3v) is 2.99. The van der Waals surface area contributed by atoms with Crippen LogP contribution in [0.25, 0.3) is 0 Å². The second-order valence-electron chi connectivity index (χ2n) is 3.92. The van der Waals surface area contributed by atoms with Crippen LogP contribution in [-0.2, 0) is 0 Å². The molecule has 12 heavy (non-hydrogen) atoms. The van der Waals surface area contributed by atoms with Crippen molar-refractivity contribution in [3.63, 3.8) is 0 Å². The molecule has 1 heterocycles. The van der Waals surface area contributed by atoms with E-state index in [9.17, 15) is 0 Å². The first-order valence-electron chi connectivity index (χ1n) is 5.41. The van der Waals surface area contributed by atoms with Gasteiger partial charge in [0.2, 0.25) is 0 Å². The number of nitrogens with one attached hydrogen (secondary N) is 1. The van der Waals surface area contributed by atoms with E-state index in [0.29, 0.717) is 0 Å². The van der Waals surface area contributed by atoms with Crippen molar-refractivity contribution in [1.29, 1.82) is 0 Å². The Kier molecular flexibility index (Phi) is 4.67. The van der Waals surface area contributed by atoms with E-state index in [4.69, 9.17) is 0 Å². The lowest BCUT2D eigenvalue weighted by Gasteiger charge is -2.25. The fourth-order valence-electron chi connectivity index (χ4n) is 1.98. The molecule has 1 saturated heterocycles. The highest BCUT2D eigenvalue weighted by molar-refractivity contribution is 4.96. The Morgan fingerprint density at radius 1 is 1.33 bits per heavy atom. The van der Waals surface area contributed by atoms with E-state index in [0.717, 1.165) is 5.92 Å². The van der Waals surface area contributed by atoms with Gasteiger partial charge < -0.3 is 5.32 Å². The van der Waals surface area contributed by atoms with Crippen LogP contribution in [0.3, 0.4) is 0 Å². The van der Waals surface area contributed by atoms with E-state index >= 15 is 0 Å². The molecule has 0 aromatic carbocycles. The predicted octanol–water partition coefficient (Wildman–Crippen LogP) is 2.77. The molecule has 1 aliphatic heterocycles. The maximum atomic E-state index is 3.45. The Balaban J connectivity index is 2.18. The summed E-state index contributed by atoms with van der Waals surface area (Å²) in [7, 11) is 0. The van der Waals surface area contributed by atoms with Crippen LogP contribution in [-0.4, -0.2) is 13.1 Å². The average Bonchev–Trinajstić information content (AvgIpc) is 2.16. The standard InChI is InChI=1S/C11H22N/c1-3-10(4-2)8-11-6-5-7-12-9-11/h10,12H,3-9H2,1-2H3. The largest absolute Gasteiger partial charge is 0.316 e. The summed E-state index contributed by atoms with van der Waals surface area (Å²) in [6.45, 7) is 7.04. The molecule has 1 N–H and O–H groups in total. The van der Waals surface area contributed by atoms with Gasteiger partial charge in [0.15, 0.2) is 0 Å². The smallest absolute Gasteiger partial charge is 0.00137 e. The van der Waals surface area contributed by atoms with Gasteiger partial charge in [0.25, 0.3) is 0 Å². The van der Waals surface area contributed by atoms with Crippen LogP contribution in [0.1, 0.15) is 46.0 Å². The van der Waals surface area contributed by atoms with Crippen molar-refractivity contribution in [3.05, 3.63) is 5.92 Å². The molecule has 1 rings (SSSR count). The highest BCUT2D eigenvalue weighted by Crippen LogP contribution is 2.24. The van der Waals surface area contributed by atoms with E-state index in [1.165, 1.54) is 45.2 Å². The molecule has 0 amide bonds. The molecule has 0 saturated carbocycles. The van der Waals surface area contributed by atoms with Gasteiger partial charge in [-0.25, -0.2) is 0 Å². The molecule has 0 aromatic rings. The summed E-state index contributed by atoms with van der Waals surface area (Å²) >= 11 is 0. The number of hydrogen-bond donors (Lipinski definition) is 1. The van der Waals surface area contributed by atoms with Crippen LogP contribution in [0.5, 0.6) is 0 Å². The van der Waals surface area contributed by atoms with Gasteiger partial charge in [-0.1, -0.05) is 26.7 Å². The van der Waals surface area contributed by atoms with Crippen LogP contribution in [0, 0.1) is 11.8 Å². The zero-order chi connectivity index (χ0) is 8.81. The zero-order valence-corrected chi connectivity index (χ0v) is 8.53. The summed E-state index contributed by atoms with van der Waals surface area (Å²) in [6, 6.07) is 0. The minimum absolute atomic E-state index is 0.944. The quantitative estimate of drug-likeness (QED) is 0.680. The normalized spacial score (nSPS) is 20.2. The highest BCUT2D eigenvalue weighted by Gasteiger charge is 2.16. The third-order valence-electron chi connectivity index (χ3n) is 2.99. The first-order valence-corrected chi connectivity index (χ1v) is 5.41. The van der Waals surface area contributed by atoms with Gasteiger partial charge in [-0.3, -0.25) is 0 Å². The Morgan fingerprint density at radius 3 is 2.58 bits per heavy atom. The molecule has 0 aliphatic carbocycles. The Bertz CT molecular complexity index is 102. The molecule has 0 aromatic heterocycles. The van der Waals surface area contributed by atoms with Crippen molar-refractivity contribution >= 4 is 0 Å². The van der Waals surface area contributed by atoms with Crippen LogP contribution >= 0.6 is 0 Å². The summed E-state index contributed by atoms with van der Waals surface area (Å²) in [6.07, 6.45) is 6.80. The van der Waals surface area contributed by atoms with Crippen molar-refractivity contribution in [2.75, 3.05) is 13.1 Å². The molecular formula is C11H22N. The molecule has 0 unspecified atom stereocenters. The molecule has 1 aliphatic rings. The van der Waals surface area contributed by atoms with Gasteiger partial charge in [0.05, 0.1) is 0 Å². The summed E-state index contributed by atoms with van der Waals surface area (Å²) in [5, 5.41) is 3.45. The molecule has 1 nitrogen and oxygen atoms in total. The van der Waals surface area contributed by atoms with Crippen molar-refractivity contribution in [1.82, 2.24) is 5.32 Å². The van der Waals surface area contributed by atoms with E-state index in [2.05, 4.69) is 19.2 Å². The van der Waals surface area contributed by atoms with Gasteiger partial charge >= 0.3 is 0 Å². The Morgan fingerprint density at radius 2 is 2.08 bits per heavy atom. The minimum Gasteiger partial charge on any atom is -0.316 e. The fraction of sp³-hybridized carbons (Fsp3) is 0.909. The number of piperidine rings is 1. The summed E-state index contributed by atoms with van der Waals surface area (Å²) in [5.41, 5.74) is 0. The van der Waals surface area contributed by atoms with E-state index in [-0.39, 0.29) is 0 Å². The summed E-state index contributed by atoms with van der Waals surface area (Å²) in [4.78, 5) is 0. The monoisotopic (exact) mass is 168 g/mol. The lowest BCUT2D eigenvalue weighted by molar-refractivity contribution is 0.415. The van der Waals surface area contributed by atoms with Gasteiger partial charge in [-0.2, -0.15) is 0 Å². The van der Waals surface area contributed by atoms with Crippen LogP contribution in [0.2, 0.25) is 0 Å². The van der Waals surface area contributed by atoms with Gasteiger partial charge in [0.1, 0.15) is 0 Å². The maximum absolute atomic E-state index is 3.45. The van der Waals surface area contributed by atoms with Crippen LogP contribution < -0.4 is 5.32 Å². The van der Waals surface area contributed by atoms with Crippen LogP contribution in [0.4, 0.5) is 0 Å². The van der Waals surface area contributed by atoms with Crippen molar-refractivity contribution in [2.45, 2.75) is 46.0 Å². The number of rotatable bonds is 4. The van der Waals surface area contributed by atoms with Crippen molar-refractivity contribution < 1.29 is 0 Å². The Hall–Kier alpha value is -0.0400. The molecule has 71 valence electrons. The van der Waals surface area contributed by atoms with Crippen LogP contribution in [0.15, 0.2) is 0 Å². The molecule has 0 spiro atoms. The van der Waals surface area contributed by atoms with Crippen molar-refractivity contribution in [2.24, 2.45) is 5.92 Å². The molecule has 1 radical (unpaired) electrons. The third kappa shape index (κ3) is 3.14. The van der Waals surface area contributed by atoms with Gasteiger partial charge in [-0.15, -0.1) is 0 Å². The summed E-state index contributed by atoms with van der Waals surface area (Å²) < 4.78 is 0. The van der Waals surface area contributed by atoms with E-state index < -0.39 is 0 Å². The molecule has 1 heteroatoms. The maximum Gasteiger partial charge on any atom is 0.00137 e. The van der Waals surface area contributed by atoms with E-state index in [1.807, 2.05) is 0 Å². The van der Waals surface area contributed by atoms with Gasteiger partial charge in [0, 0.05) is 6.54 Å². The molecular weight excluding hydrogens is 146 g/mol. The zero-order valence-electron chi connectivity index (χ0n) is 8.53. The van der Waals surface area contributed by atoms with Gasteiger partial charge in [-0.05, 0) is 37.6 Å². The lowest BCUT2D eigenvalue weighted by atomic mass is 9.86. The first kappa shape index (κ1) is 10.0. The predicted molar refractivity (Wildman–Crippen MR) is 54.0 cm³/mol. The molecule has 0 atom stereocenters. The highest BCUT2D eigenvalue weighted by atomic mass is 14.9.